The fourth-order valence-corrected chi connectivity index (χ4v) is 6.71. The second-order valence-electron chi connectivity index (χ2n) is 12.2. The van der Waals surface area contributed by atoms with Gasteiger partial charge in [0.2, 0.25) is 0 Å². The molecule has 0 N–H and O–H groups in total. The Balaban J connectivity index is 0.000000243. The van der Waals surface area contributed by atoms with Gasteiger partial charge in [0.05, 0.1) is 5.58 Å². The van der Waals surface area contributed by atoms with E-state index in [1.165, 1.54) is 32.6 Å². The van der Waals surface area contributed by atoms with Gasteiger partial charge in [-0.2, -0.15) is 0 Å². The van der Waals surface area contributed by atoms with Crippen LogP contribution in [0.1, 0.15) is 30.5 Å². The molecule has 3 aromatic heterocycles. The number of fused-ring (bicyclic) bond motifs is 3. The maximum Gasteiger partial charge on any atom is 0.120 e. The van der Waals surface area contributed by atoms with Gasteiger partial charge < -0.3 is 14.4 Å². The molecule has 6 aromatic rings. The minimum Gasteiger partial charge on any atom is -0.501 e. The summed E-state index contributed by atoms with van der Waals surface area (Å²) in [6, 6.07) is 31.3. The molecule has 217 valence electrons. The molecule has 3 heterocycles. The molecule has 0 saturated carbocycles. The average Bonchev–Trinajstić information content (AvgIpc) is 3.34. The first-order valence-electron chi connectivity index (χ1n) is 14.3. The fourth-order valence-electron chi connectivity index (χ4n) is 5.21. The quantitative estimate of drug-likeness (QED) is 0.130. The van der Waals surface area contributed by atoms with Gasteiger partial charge in [0.15, 0.2) is 0 Å². The second kappa shape index (κ2) is 13.3. The number of rotatable bonds is 5. The zero-order chi connectivity index (χ0) is 29.1. The molecule has 3 nitrogen and oxygen atoms in total. The first-order valence-corrected chi connectivity index (χ1v) is 17.8. The van der Waals surface area contributed by atoms with Gasteiger partial charge in [-0.05, 0) is 55.3 Å². The number of hydrogen-bond donors (Lipinski definition) is 0. The molecule has 0 saturated heterocycles. The molecule has 0 aliphatic carbocycles. The molecule has 5 heteroatoms. The van der Waals surface area contributed by atoms with Crippen molar-refractivity contribution in [2.75, 3.05) is 0 Å². The van der Waals surface area contributed by atoms with Crippen molar-refractivity contribution >= 4 is 35.2 Å². The summed E-state index contributed by atoms with van der Waals surface area (Å²) >= 11 is 0. The van der Waals surface area contributed by atoms with Crippen molar-refractivity contribution in [2.24, 2.45) is 5.92 Å². The Morgan fingerprint density at radius 2 is 1.64 bits per heavy atom. The van der Waals surface area contributed by atoms with Crippen LogP contribution in [0, 0.1) is 31.9 Å². The molecule has 0 fully saturated rings. The Kier molecular flexibility index (Phi) is 9.99. The molecule has 1 radical (unpaired) electrons. The molecule has 0 aliphatic heterocycles. The summed E-state index contributed by atoms with van der Waals surface area (Å²) < 4.78 is 6.40. The molecule has 0 atom stereocenters. The molecular weight excluding hydrogens is 709 g/mol. The second-order valence-corrected chi connectivity index (χ2v) is 17.2. The Morgan fingerprint density at radius 3 is 2.31 bits per heavy atom. The molecule has 0 bridgehead atoms. The summed E-state index contributed by atoms with van der Waals surface area (Å²) in [5, 5.41) is 3.84. The molecule has 0 amide bonds. The average molecular weight is 747 g/mol. The molecule has 3 aromatic carbocycles. The van der Waals surface area contributed by atoms with Crippen molar-refractivity contribution in [3.05, 3.63) is 114 Å². The van der Waals surface area contributed by atoms with E-state index in [0.717, 1.165) is 40.1 Å². The summed E-state index contributed by atoms with van der Waals surface area (Å²) in [7, 11) is -1.56. The minimum absolute atomic E-state index is 0. The normalized spacial score (nSPS) is 11.3. The van der Waals surface area contributed by atoms with Crippen LogP contribution in [-0.4, -0.2) is 18.0 Å². The maximum absolute atomic E-state index is 6.40. The van der Waals surface area contributed by atoms with Crippen LogP contribution in [0.25, 0.3) is 44.5 Å². The number of pyridine rings is 2. The zero-order valence-corrected chi connectivity index (χ0v) is 28.9. The zero-order valence-electron chi connectivity index (χ0n) is 25.5. The van der Waals surface area contributed by atoms with E-state index < -0.39 is 8.07 Å². The van der Waals surface area contributed by atoms with Crippen LogP contribution in [0.5, 0.6) is 0 Å². The number of hydrogen-bond acceptors (Lipinski definition) is 3. The Hall–Kier alpha value is -3.37. The van der Waals surface area contributed by atoms with Crippen LogP contribution in [0.2, 0.25) is 19.6 Å². The Labute approximate surface area is 264 Å². The van der Waals surface area contributed by atoms with Crippen LogP contribution in [0.3, 0.4) is 0 Å². The van der Waals surface area contributed by atoms with Crippen LogP contribution < -0.4 is 5.19 Å². The number of aryl methyl sites for hydroxylation is 1. The van der Waals surface area contributed by atoms with E-state index in [1.54, 1.807) is 0 Å². The number of benzene rings is 3. The molecule has 0 aliphatic rings. The predicted molar refractivity (Wildman–Crippen MR) is 175 cm³/mol. The van der Waals surface area contributed by atoms with Gasteiger partial charge in [0.25, 0.3) is 0 Å². The number of furan rings is 1. The van der Waals surface area contributed by atoms with Crippen LogP contribution in [0.15, 0.2) is 89.6 Å². The predicted octanol–water partition coefficient (Wildman–Crippen LogP) is 9.36. The van der Waals surface area contributed by atoms with Crippen molar-refractivity contribution in [2.45, 2.75) is 53.8 Å². The molecule has 0 unspecified atom stereocenters. The minimum atomic E-state index is -1.56. The van der Waals surface area contributed by atoms with E-state index in [2.05, 4.69) is 93.9 Å². The van der Waals surface area contributed by atoms with Crippen molar-refractivity contribution < 1.29 is 24.5 Å². The smallest absolute Gasteiger partial charge is 0.120 e. The summed E-state index contributed by atoms with van der Waals surface area (Å²) in [6.45, 7) is 15.9. The van der Waals surface area contributed by atoms with Gasteiger partial charge in [0.1, 0.15) is 5.58 Å². The topological polar surface area (TPSA) is 38.9 Å². The first kappa shape index (κ1) is 31.6. The Bertz CT molecular complexity index is 1790. The number of para-hydroxylation sites is 1. The van der Waals surface area contributed by atoms with E-state index in [0.29, 0.717) is 5.92 Å². The van der Waals surface area contributed by atoms with Crippen molar-refractivity contribution in [1.82, 2.24) is 9.97 Å². The van der Waals surface area contributed by atoms with Crippen LogP contribution in [0.4, 0.5) is 0 Å². The third kappa shape index (κ3) is 6.81. The van der Waals surface area contributed by atoms with Gasteiger partial charge in [-0.25, -0.2) is 0 Å². The number of nitrogens with zero attached hydrogens (tertiary/aromatic N) is 2. The third-order valence-corrected chi connectivity index (χ3v) is 9.35. The van der Waals surface area contributed by atoms with E-state index in [1.807, 2.05) is 55.7 Å². The van der Waals surface area contributed by atoms with E-state index >= 15 is 0 Å². The monoisotopic (exact) mass is 747 g/mol. The van der Waals surface area contributed by atoms with E-state index in [9.17, 15) is 0 Å². The van der Waals surface area contributed by atoms with Gasteiger partial charge in [-0.3, -0.25) is 0 Å². The molecule has 42 heavy (non-hydrogen) atoms. The van der Waals surface area contributed by atoms with Crippen LogP contribution in [-0.2, 0) is 26.5 Å². The summed E-state index contributed by atoms with van der Waals surface area (Å²) in [5.41, 5.74) is 9.63. The molecule has 0 spiro atoms. The fraction of sp³-hybridized carbons (Fsp3) is 0.243. The Morgan fingerprint density at radius 1 is 0.881 bits per heavy atom. The summed E-state index contributed by atoms with van der Waals surface area (Å²) in [6.07, 6.45) is 4.85. The van der Waals surface area contributed by atoms with Crippen molar-refractivity contribution in [3.8, 4) is 22.5 Å². The SMILES string of the molecule is Cc1c(CC(C)C)ccnc1-c1[c-]cc([Si](C)(C)C)c2c1oc1ccccc12.Cc1ccc(-c2[c-]cccc2)nc1.[Ir]. The third-order valence-electron chi connectivity index (χ3n) is 7.34. The van der Waals surface area contributed by atoms with Crippen molar-refractivity contribution in [3.63, 3.8) is 0 Å². The largest absolute Gasteiger partial charge is 0.501 e. The molecular formula is C37H38IrN2OSi-2. The number of aromatic nitrogens is 2. The molecule has 6 rings (SSSR count). The van der Waals surface area contributed by atoms with Gasteiger partial charge in [-0.1, -0.05) is 85.9 Å². The maximum atomic E-state index is 6.40. The first-order chi connectivity index (χ1) is 19.6. The van der Waals surface area contributed by atoms with Gasteiger partial charge in [-0.15, -0.1) is 53.2 Å². The van der Waals surface area contributed by atoms with Gasteiger partial charge in [0, 0.05) is 46.0 Å². The van der Waals surface area contributed by atoms with Crippen LogP contribution >= 0.6 is 0 Å². The summed E-state index contributed by atoms with van der Waals surface area (Å²) in [4.78, 5) is 9.07. The standard InChI is InChI=1S/C25H28NOSi.C12H10N.Ir/c1-16(2)15-18-13-14-26-24(17(18)3)20-11-12-22(28(4,5)6)23-19-9-7-8-10-21(19)27-25(20)23;1-10-7-8-12(13-9-10)11-5-3-2-4-6-11;/h7-10,12-14,16H,15H2,1-6H3;2-5,7-9H,1H3;/q2*-1;. The van der Waals surface area contributed by atoms with E-state index in [-0.39, 0.29) is 20.1 Å². The van der Waals surface area contributed by atoms with Crippen molar-refractivity contribution in [1.29, 1.82) is 0 Å². The van der Waals surface area contributed by atoms with Gasteiger partial charge >= 0.3 is 0 Å². The van der Waals surface area contributed by atoms with E-state index in [4.69, 9.17) is 9.40 Å². The summed E-state index contributed by atoms with van der Waals surface area (Å²) in [5.74, 6) is 0.610.